The van der Waals surface area contributed by atoms with Gasteiger partial charge in [-0.3, -0.25) is 4.68 Å². The van der Waals surface area contributed by atoms with Crippen LogP contribution in [0.2, 0.25) is 0 Å². The number of aryl methyl sites for hydroxylation is 2. The third kappa shape index (κ3) is 2.52. The van der Waals surface area contributed by atoms with Crippen molar-refractivity contribution in [1.82, 2.24) is 19.2 Å². The van der Waals surface area contributed by atoms with Crippen LogP contribution < -0.4 is 4.57 Å². The normalized spacial score (nSPS) is 10.5. The fraction of sp³-hybridized carbons (Fsp3) is 0.364. The van der Waals surface area contributed by atoms with Crippen LogP contribution in [-0.2, 0) is 20.6 Å². The summed E-state index contributed by atoms with van der Waals surface area (Å²) in [6.45, 7) is 0.550. The summed E-state index contributed by atoms with van der Waals surface area (Å²) in [6, 6.07) is -0.0607. The van der Waals surface area contributed by atoms with Crippen molar-refractivity contribution in [3.8, 4) is 0 Å². The van der Waals surface area contributed by atoms with E-state index in [4.69, 9.17) is 0 Å². The van der Waals surface area contributed by atoms with E-state index in [1.165, 1.54) is 0 Å². The summed E-state index contributed by atoms with van der Waals surface area (Å²) in [5, 5.41) is 4.07. The highest BCUT2D eigenvalue weighted by molar-refractivity contribution is 5.76. The van der Waals surface area contributed by atoms with Gasteiger partial charge < -0.3 is 4.90 Å². The first-order valence-corrected chi connectivity index (χ1v) is 5.32. The Kier molecular flexibility index (Phi) is 2.95. The second-order valence-electron chi connectivity index (χ2n) is 4.15. The van der Waals surface area contributed by atoms with E-state index in [2.05, 4.69) is 5.10 Å². The molecule has 6 nitrogen and oxygen atoms in total. The van der Waals surface area contributed by atoms with E-state index in [1.54, 1.807) is 39.9 Å². The van der Waals surface area contributed by atoms with Crippen molar-refractivity contribution < 1.29 is 9.36 Å². The Hall–Kier alpha value is -2.11. The van der Waals surface area contributed by atoms with E-state index in [1.807, 2.05) is 31.1 Å². The van der Waals surface area contributed by atoms with Crippen molar-refractivity contribution in [1.29, 1.82) is 0 Å². The van der Waals surface area contributed by atoms with E-state index >= 15 is 0 Å². The van der Waals surface area contributed by atoms with Crippen molar-refractivity contribution in [3.05, 3.63) is 36.7 Å². The zero-order valence-electron chi connectivity index (χ0n) is 10.2. The average Bonchev–Trinajstić information content (AvgIpc) is 2.87. The number of imidazole rings is 1. The molecule has 0 bridgehead atoms. The molecule has 0 aromatic carbocycles. The van der Waals surface area contributed by atoms with E-state index < -0.39 is 0 Å². The summed E-state index contributed by atoms with van der Waals surface area (Å²) < 4.78 is 5.11. The standard InChI is InChI=1S/C11H16N5O/c1-13-4-5-16(9-13)11(17)14(2)7-10-6-12-15(3)8-10/h4-6,8-9H,7H2,1-3H3/q+1. The van der Waals surface area contributed by atoms with E-state index in [0.717, 1.165) is 5.56 Å². The van der Waals surface area contributed by atoms with Gasteiger partial charge in [0.1, 0.15) is 12.4 Å². The van der Waals surface area contributed by atoms with Crippen LogP contribution in [0.4, 0.5) is 4.79 Å². The molecule has 0 N–H and O–H groups in total. The number of aromatic nitrogens is 4. The second-order valence-corrected chi connectivity index (χ2v) is 4.15. The first kappa shape index (κ1) is 11.4. The molecule has 0 aliphatic carbocycles. The molecular formula is C11H16N5O+. The van der Waals surface area contributed by atoms with Crippen LogP contribution in [0.1, 0.15) is 5.56 Å². The van der Waals surface area contributed by atoms with Gasteiger partial charge >= 0.3 is 6.03 Å². The lowest BCUT2D eigenvalue weighted by molar-refractivity contribution is -0.670. The highest BCUT2D eigenvalue weighted by atomic mass is 16.2. The number of rotatable bonds is 2. The summed E-state index contributed by atoms with van der Waals surface area (Å²) in [6.07, 6.45) is 8.97. The van der Waals surface area contributed by atoms with E-state index in [-0.39, 0.29) is 6.03 Å². The van der Waals surface area contributed by atoms with Gasteiger partial charge in [-0.25, -0.2) is 9.36 Å². The molecule has 0 atom stereocenters. The fourth-order valence-corrected chi connectivity index (χ4v) is 1.66. The molecule has 0 spiro atoms. The summed E-state index contributed by atoms with van der Waals surface area (Å²) in [5.74, 6) is 0. The van der Waals surface area contributed by atoms with Crippen LogP contribution in [0.15, 0.2) is 31.1 Å². The number of carbonyl (C=O) groups is 1. The Bertz CT molecular complexity index is 527. The van der Waals surface area contributed by atoms with Crippen molar-refractivity contribution in [2.75, 3.05) is 7.05 Å². The zero-order valence-corrected chi connectivity index (χ0v) is 10.2. The van der Waals surface area contributed by atoms with Crippen LogP contribution in [0.5, 0.6) is 0 Å². The molecule has 1 amide bonds. The van der Waals surface area contributed by atoms with Gasteiger partial charge in [0, 0.05) is 25.9 Å². The molecule has 0 fully saturated rings. The van der Waals surface area contributed by atoms with Crippen LogP contribution in [0.3, 0.4) is 0 Å². The quantitative estimate of drug-likeness (QED) is 0.694. The first-order valence-electron chi connectivity index (χ1n) is 5.32. The zero-order chi connectivity index (χ0) is 12.4. The molecule has 2 aromatic heterocycles. The van der Waals surface area contributed by atoms with E-state index in [9.17, 15) is 4.79 Å². The predicted octanol–water partition coefficient (Wildman–Crippen LogP) is 0.146. The second kappa shape index (κ2) is 4.40. The van der Waals surface area contributed by atoms with Gasteiger partial charge in [-0.1, -0.05) is 0 Å². The smallest absolute Gasteiger partial charge is 0.303 e. The van der Waals surface area contributed by atoms with Crippen molar-refractivity contribution in [3.63, 3.8) is 0 Å². The molecule has 6 heteroatoms. The molecular weight excluding hydrogens is 218 g/mol. The average molecular weight is 234 g/mol. The molecule has 2 rings (SSSR count). The molecule has 0 aliphatic heterocycles. The molecule has 90 valence electrons. The third-order valence-corrected chi connectivity index (χ3v) is 2.49. The number of nitrogens with zero attached hydrogens (tertiary/aromatic N) is 5. The van der Waals surface area contributed by atoms with E-state index in [0.29, 0.717) is 6.54 Å². The molecule has 0 saturated heterocycles. The molecule has 0 unspecified atom stereocenters. The Morgan fingerprint density at radius 1 is 1.59 bits per heavy atom. The van der Waals surface area contributed by atoms with Crippen molar-refractivity contribution in [2.24, 2.45) is 14.1 Å². The van der Waals surface area contributed by atoms with Crippen LogP contribution >= 0.6 is 0 Å². The topological polar surface area (TPSA) is 46.9 Å². The number of carbonyl (C=O) groups excluding carboxylic acids is 1. The number of hydrogen-bond acceptors (Lipinski definition) is 2. The largest absolute Gasteiger partial charge is 0.415 e. The minimum Gasteiger partial charge on any atom is -0.303 e. The first-order chi connectivity index (χ1) is 8.06. The summed E-state index contributed by atoms with van der Waals surface area (Å²) >= 11 is 0. The molecule has 0 radical (unpaired) electrons. The maximum Gasteiger partial charge on any atom is 0.415 e. The Balaban J connectivity index is 2.05. The van der Waals surface area contributed by atoms with Gasteiger partial charge in [-0.05, 0) is 0 Å². The van der Waals surface area contributed by atoms with Gasteiger partial charge in [0.25, 0.3) is 6.33 Å². The summed E-state index contributed by atoms with van der Waals surface area (Å²) in [7, 11) is 5.51. The monoisotopic (exact) mass is 234 g/mol. The van der Waals surface area contributed by atoms with Gasteiger partial charge in [-0.2, -0.15) is 9.67 Å². The predicted molar refractivity (Wildman–Crippen MR) is 61.1 cm³/mol. The van der Waals surface area contributed by atoms with Crippen molar-refractivity contribution >= 4 is 6.03 Å². The summed E-state index contributed by atoms with van der Waals surface area (Å²) in [4.78, 5) is 13.7. The molecule has 17 heavy (non-hydrogen) atoms. The van der Waals surface area contributed by atoms with Crippen LogP contribution in [0.25, 0.3) is 0 Å². The SMILES string of the molecule is CN(Cc1cnn(C)c1)C(=O)n1cc[n+](C)c1. The third-order valence-electron chi connectivity index (χ3n) is 2.49. The van der Waals surface area contributed by atoms with Gasteiger partial charge in [0.2, 0.25) is 0 Å². The Labute approximate surface area is 99.7 Å². The molecule has 2 heterocycles. The highest BCUT2D eigenvalue weighted by Gasteiger charge is 2.17. The fourth-order valence-electron chi connectivity index (χ4n) is 1.66. The maximum absolute atomic E-state index is 12.0. The van der Waals surface area contributed by atoms with Crippen molar-refractivity contribution in [2.45, 2.75) is 6.54 Å². The van der Waals surface area contributed by atoms with Gasteiger partial charge in [-0.15, -0.1) is 0 Å². The number of hydrogen-bond donors (Lipinski definition) is 0. The lowest BCUT2D eigenvalue weighted by Crippen LogP contribution is -2.32. The maximum atomic E-state index is 12.0. The lowest BCUT2D eigenvalue weighted by Gasteiger charge is -2.12. The van der Waals surface area contributed by atoms with Gasteiger partial charge in [0.05, 0.1) is 19.8 Å². The van der Waals surface area contributed by atoms with Gasteiger partial charge in [0.15, 0.2) is 0 Å². The van der Waals surface area contributed by atoms with Crippen LogP contribution in [-0.4, -0.2) is 32.3 Å². The summed E-state index contributed by atoms with van der Waals surface area (Å²) in [5.41, 5.74) is 1.01. The minimum atomic E-state index is -0.0607. The molecule has 2 aromatic rings. The lowest BCUT2D eigenvalue weighted by atomic mass is 10.3. The molecule has 0 saturated carbocycles. The number of amides is 1. The minimum absolute atomic E-state index is 0.0607. The highest BCUT2D eigenvalue weighted by Crippen LogP contribution is 2.03. The molecule has 0 aliphatic rings. The Morgan fingerprint density at radius 2 is 2.35 bits per heavy atom. The Morgan fingerprint density at radius 3 is 2.88 bits per heavy atom. The van der Waals surface area contributed by atoms with Crippen LogP contribution in [0, 0.1) is 0 Å².